The van der Waals surface area contributed by atoms with Gasteiger partial charge in [-0.2, -0.15) is 0 Å². The number of hydrogen-bond donors (Lipinski definition) is 2. The molecule has 34 heavy (non-hydrogen) atoms. The number of ether oxygens (including phenoxy) is 2. The minimum atomic E-state index is -0.947. The molecule has 1 saturated heterocycles. The lowest BCUT2D eigenvalue weighted by atomic mass is 9.74. The van der Waals surface area contributed by atoms with Crippen LogP contribution in [0.25, 0.3) is 0 Å². The molecule has 3 aliphatic heterocycles. The van der Waals surface area contributed by atoms with Crippen LogP contribution in [0.3, 0.4) is 0 Å². The molecule has 184 valence electrons. The molecule has 0 aromatic heterocycles. The molecule has 3 aliphatic rings. The number of benzene rings is 1. The van der Waals surface area contributed by atoms with Gasteiger partial charge in [0.2, 0.25) is 5.91 Å². The average Bonchev–Trinajstić information content (AvgIpc) is 3.26. The van der Waals surface area contributed by atoms with Crippen molar-refractivity contribution in [2.24, 2.45) is 5.73 Å². The van der Waals surface area contributed by atoms with Gasteiger partial charge in [0.1, 0.15) is 17.4 Å². The number of esters is 1. The molecule has 3 N–H and O–H groups in total. The van der Waals surface area contributed by atoms with Gasteiger partial charge in [-0.1, -0.05) is 6.07 Å². The van der Waals surface area contributed by atoms with Crippen molar-refractivity contribution in [2.75, 3.05) is 19.7 Å². The molecule has 4 rings (SSSR count). The quantitative estimate of drug-likeness (QED) is 0.624. The van der Waals surface area contributed by atoms with Gasteiger partial charge in [0, 0.05) is 41.6 Å². The SMILES string of the molecule is CC(C)(C)OC(=O)CCC(C(N)=O)N1Cc2c(ccc3c2OCC32CCN(C(=O)O)CC2)C1=O. The summed E-state index contributed by atoms with van der Waals surface area (Å²) in [5.41, 5.74) is 6.84. The molecule has 1 atom stereocenters. The topological polar surface area (TPSA) is 139 Å². The van der Waals surface area contributed by atoms with E-state index in [0.29, 0.717) is 49.4 Å². The summed E-state index contributed by atoms with van der Waals surface area (Å²) in [5.74, 6) is -0.815. The Balaban J connectivity index is 1.52. The molecule has 1 aromatic rings. The summed E-state index contributed by atoms with van der Waals surface area (Å²) < 4.78 is 11.4. The monoisotopic (exact) mass is 473 g/mol. The Morgan fingerprint density at radius 3 is 2.50 bits per heavy atom. The third-order valence-electron chi connectivity index (χ3n) is 6.88. The number of nitrogens with zero attached hydrogens (tertiary/aromatic N) is 2. The van der Waals surface area contributed by atoms with Crippen molar-refractivity contribution in [1.29, 1.82) is 0 Å². The molecule has 10 heteroatoms. The van der Waals surface area contributed by atoms with Gasteiger partial charge in [0.25, 0.3) is 5.91 Å². The summed E-state index contributed by atoms with van der Waals surface area (Å²) in [6.07, 6.45) is 0.392. The number of fused-ring (bicyclic) bond motifs is 4. The smallest absolute Gasteiger partial charge is 0.407 e. The van der Waals surface area contributed by atoms with Crippen molar-refractivity contribution >= 4 is 23.9 Å². The lowest BCUT2D eigenvalue weighted by Gasteiger charge is -2.37. The highest BCUT2D eigenvalue weighted by molar-refractivity contribution is 6.02. The first-order valence-corrected chi connectivity index (χ1v) is 11.5. The van der Waals surface area contributed by atoms with Crippen molar-refractivity contribution in [3.05, 3.63) is 28.8 Å². The number of likely N-dealkylation sites (tertiary alicyclic amines) is 1. The number of primary amides is 1. The summed E-state index contributed by atoms with van der Waals surface area (Å²) in [4.78, 5) is 51.7. The fourth-order valence-corrected chi connectivity index (χ4v) is 5.14. The Morgan fingerprint density at radius 2 is 1.91 bits per heavy atom. The van der Waals surface area contributed by atoms with E-state index in [-0.39, 0.29) is 30.7 Å². The second-order valence-electron chi connectivity index (χ2n) is 10.3. The van der Waals surface area contributed by atoms with E-state index in [1.165, 1.54) is 9.80 Å². The van der Waals surface area contributed by atoms with Crippen LogP contribution < -0.4 is 10.5 Å². The van der Waals surface area contributed by atoms with Crippen LogP contribution in [0.5, 0.6) is 5.75 Å². The van der Waals surface area contributed by atoms with Crippen LogP contribution in [0.4, 0.5) is 4.79 Å². The van der Waals surface area contributed by atoms with Crippen LogP contribution in [0, 0.1) is 0 Å². The first kappa shape index (κ1) is 23.8. The molecule has 3 amide bonds. The van der Waals surface area contributed by atoms with Gasteiger partial charge in [-0.15, -0.1) is 0 Å². The Kier molecular flexibility index (Phi) is 5.95. The number of amides is 3. The third-order valence-corrected chi connectivity index (χ3v) is 6.88. The molecular formula is C24H31N3O7. The van der Waals surface area contributed by atoms with Gasteiger partial charge < -0.3 is 30.1 Å². The van der Waals surface area contributed by atoms with Crippen LogP contribution in [0.1, 0.15) is 67.9 Å². The summed E-state index contributed by atoms with van der Waals surface area (Å²) in [6.45, 7) is 6.72. The third kappa shape index (κ3) is 4.28. The van der Waals surface area contributed by atoms with Gasteiger partial charge >= 0.3 is 12.1 Å². The van der Waals surface area contributed by atoms with E-state index in [1.54, 1.807) is 26.8 Å². The molecule has 0 radical (unpaired) electrons. The van der Waals surface area contributed by atoms with Crippen molar-refractivity contribution in [3.8, 4) is 5.75 Å². The summed E-state index contributed by atoms with van der Waals surface area (Å²) in [5, 5.41) is 9.27. The highest BCUT2D eigenvalue weighted by Gasteiger charge is 2.47. The van der Waals surface area contributed by atoms with E-state index in [2.05, 4.69) is 0 Å². The Hall–Kier alpha value is -3.30. The second-order valence-corrected chi connectivity index (χ2v) is 10.3. The van der Waals surface area contributed by atoms with Crippen molar-refractivity contribution in [1.82, 2.24) is 9.80 Å². The van der Waals surface area contributed by atoms with Crippen LogP contribution >= 0.6 is 0 Å². The average molecular weight is 474 g/mol. The van der Waals surface area contributed by atoms with E-state index in [1.807, 2.05) is 6.07 Å². The van der Waals surface area contributed by atoms with Gasteiger partial charge in [-0.3, -0.25) is 14.4 Å². The molecule has 1 aromatic carbocycles. The summed E-state index contributed by atoms with van der Waals surface area (Å²) >= 11 is 0. The number of carboxylic acid groups (broad SMARTS) is 1. The number of carbonyl (C=O) groups excluding carboxylic acids is 3. The van der Waals surface area contributed by atoms with E-state index in [9.17, 15) is 24.3 Å². The minimum absolute atomic E-state index is 0.0389. The number of piperidine rings is 1. The minimum Gasteiger partial charge on any atom is -0.492 e. The van der Waals surface area contributed by atoms with E-state index in [4.69, 9.17) is 15.2 Å². The summed E-state index contributed by atoms with van der Waals surface area (Å²) in [7, 11) is 0. The molecule has 10 nitrogen and oxygen atoms in total. The van der Waals surface area contributed by atoms with Gasteiger partial charge in [-0.25, -0.2) is 4.79 Å². The van der Waals surface area contributed by atoms with Crippen LogP contribution in [0.15, 0.2) is 12.1 Å². The van der Waals surface area contributed by atoms with Gasteiger partial charge in [0.15, 0.2) is 0 Å². The molecule has 0 saturated carbocycles. The van der Waals surface area contributed by atoms with Crippen LogP contribution in [0.2, 0.25) is 0 Å². The Labute approximate surface area is 198 Å². The van der Waals surface area contributed by atoms with Crippen molar-refractivity contribution in [3.63, 3.8) is 0 Å². The lowest BCUT2D eigenvalue weighted by molar-refractivity contribution is -0.155. The largest absolute Gasteiger partial charge is 0.492 e. The zero-order valence-electron chi connectivity index (χ0n) is 19.8. The fraction of sp³-hybridized carbons (Fsp3) is 0.583. The molecule has 3 heterocycles. The van der Waals surface area contributed by atoms with Gasteiger partial charge in [0.05, 0.1) is 13.2 Å². The van der Waals surface area contributed by atoms with Crippen molar-refractivity contribution < 1.29 is 33.8 Å². The van der Waals surface area contributed by atoms with Gasteiger partial charge in [-0.05, 0) is 46.1 Å². The maximum atomic E-state index is 13.2. The van der Waals surface area contributed by atoms with Crippen LogP contribution in [-0.2, 0) is 26.3 Å². The molecule has 0 aliphatic carbocycles. The second kappa shape index (κ2) is 8.48. The predicted octanol–water partition coefficient (Wildman–Crippen LogP) is 2.02. The molecular weight excluding hydrogens is 442 g/mol. The molecule has 0 bridgehead atoms. The van der Waals surface area contributed by atoms with E-state index in [0.717, 1.165) is 5.56 Å². The first-order valence-electron chi connectivity index (χ1n) is 11.5. The number of hydrogen-bond acceptors (Lipinski definition) is 6. The van der Waals surface area contributed by atoms with Crippen molar-refractivity contribution in [2.45, 2.75) is 70.1 Å². The number of carbonyl (C=O) groups is 4. The highest BCUT2D eigenvalue weighted by Crippen LogP contribution is 2.49. The first-order chi connectivity index (χ1) is 15.9. The van der Waals surface area contributed by atoms with E-state index >= 15 is 0 Å². The molecule has 1 spiro atoms. The number of nitrogens with two attached hydrogens (primary N) is 1. The Morgan fingerprint density at radius 1 is 1.24 bits per heavy atom. The zero-order valence-corrected chi connectivity index (χ0v) is 19.8. The Bertz CT molecular complexity index is 1040. The van der Waals surface area contributed by atoms with Crippen LogP contribution in [-0.4, -0.2) is 70.1 Å². The maximum absolute atomic E-state index is 13.2. The molecule has 1 unspecified atom stereocenters. The maximum Gasteiger partial charge on any atom is 0.407 e. The fourth-order valence-electron chi connectivity index (χ4n) is 5.14. The summed E-state index contributed by atoms with van der Waals surface area (Å²) in [6, 6.07) is 2.69. The van der Waals surface area contributed by atoms with E-state index < -0.39 is 29.6 Å². The standard InChI is InChI=1S/C24H31N3O7/c1-23(2,3)34-18(28)7-6-17(20(25)29)27-12-15-14(21(27)30)4-5-16-19(15)33-13-24(16)8-10-26(11-9-24)22(31)32/h4-5,17H,6-13H2,1-3H3,(H2,25,29)(H,31,32). The zero-order chi connectivity index (χ0) is 24.8. The number of rotatable bonds is 5. The predicted molar refractivity (Wildman–Crippen MR) is 120 cm³/mol. The molecule has 1 fully saturated rings. The normalized spacial score (nSPS) is 19.4. The highest BCUT2D eigenvalue weighted by atomic mass is 16.6. The lowest BCUT2D eigenvalue weighted by Crippen LogP contribution is -2.45.